The zero-order valence-electron chi connectivity index (χ0n) is 19.9. The maximum absolute atomic E-state index is 6.14. The molecule has 182 valence electrons. The Hall–Kier alpha value is -3.10. The lowest BCUT2D eigenvalue weighted by Gasteiger charge is -2.23. The second-order valence-corrected chi connectivity index (χ2v) is 8.25. The van der Waals surface area contributed by atoms with Crippen LogP contribution in [0.1, 0.15) is 32.1 Å². The van der Waals surface area contributed by atoms with E-state index in [0.29, 0.717) is 49.8 Å². The van der Waals surface area contributed by atoms with Crippen LogP contribution in [0.25, 0.3) is 10.9 Å². The van der Waals surface area contributed by atoms with Crippen molar-refractivity contribution in [3.63, 3.8) is 0 Å². The van der Waals surface area contributed by atoms with Gasteiger partial charge in [0, 0.05) is 31.4 Å². The van der Waals surface area contributed by atoms with Crippen molar-refractivity contribution in [2.45, 2.75) is 38.2 Å². The summed E-state index contributed by atoms with van der Waals surface area (Å²) >= 11 is 0. The summed E-state index contributed by atoms with van der Waals surface area (Å²) in [5.41, 5.74) is 1.67. The van der Waals surface area contributed by atoms with E-state index in [1.807, 2.05) is 36.4 Å². The zero-order valence-corrected chi connectivity index (χ0v) is 19.9. The number of fused-ring (bicyclic) bond motifs is 1. The molecule has 2 aromatic carbocycles. The van der Waals surface area contributed by atoms with Gasteiger partial charge in [0.1, 0.15) is 31.1 Å². The fourth-order valence-electron chi connectivity index (χ4n) is 3.99. The molecule has 1 saturated carbocycles. The first-order chi connectivity index (χ1) is 16.8. The van der Waals surface area contributed by atoms with Crippen LogP contribution in [0.2, 0.25) is 0 Å². The van der Waals surface area contributed by atoms with Crippen molar-refractivity contribution in [1.82, 2.24) is 9.97 Å². The second-order valence-electron chi connectivity index (χ2n) is 8.25. The monoisotopic (exact) mass is 467 g/mol. The summed E-state index contributed by atoms with van der Waals surface area (Å²) in [7, 11) is 3.28. The van der Waals surface area contributed by atoms with Gasteiger partial charge in [-0.1, -0.05) is 6.42 Å². The summed E-state index contributed by atoms with van der Waals surface area (Å²) in [6.07, 6.45) is 7.96. The summed E-state index contributed by atoms with van der Waals surface area (Å²) in [6.45, 7) is 1.77. The first kappa shape index (κ1) is 24.0. The predicted octanol–water partition coefficient (Wildman–Crippen LogP) is 5.14. The van der Waals surface area contributed by atoms with E-state index in [-0.39, 0.29) is 0 Å². The van der Waals surface area contributed by atoms with Gasteiger partial charge in [-0.15, -0.1) is 0 Å². The third kappa shape index (κ3) is 6.48. The Morgan fingerprint density at radius 2 is 1.50 bits per heavy atom. The van der Waals surface area contributed by atoms with Gasteiger partial charge >= 0.3 is 0 Å². The van der Waals surface area contributed by atoms with E-state index < -0.39 is 0 Å². The molecule has 8 heteroatoms. The minimum atomic E-state index is 0.329. The summed E-state index contributed by atoms with van der Waals surface area (Å²) in [6, 6.07) is 11.8. The normalized spacial score (nSPS) is 14.2. The molecule has 1 N–H and O–H groups in total. The van der Waals surface area contributed by atoms with E-state index in [1.54, 1.807) is 14.2 Å². The van der Waals surface area contributed by atoms with Crippen LogP contribution in [0.4, 0.5) is 11.5 Å². The summed E-state index contributed by atoms with van der Waals surface area (Å²) < 4.78 is 28.1. The Morgan fingerprint density at radius 1 is 0.824 bits per heavy atom. The zero-order chi connectivity index (χ0) is 23.6. The topological polar surface area (TPSA) is 84.0 Å². The Kier molecular flexibility index (Phi) is 8.76. The van der Waals surface area contributed by atoms with E-state index >= 15 is 0 Å². The van der Waals surface area contributed by atoms with Crippen molar-refractivity contribution in [2.75, 3.05) is 46.0 Å². The van der Waals surface area contributed by atoms with Gasteiger partial charge in [-0.2, -0.15) is 0 Å². The van der Waals surface area contributed by atoms with Crippen molar-refractivity contribution >= 4 is 22.4 Å². The molecule has 0 atom stereocenters. The molecule has 0 bridgehead atoms. The molecule has 0 aliphatic heterocycles. The van der Waals surface area contributed by atoms with Gasteiger partial charge in [0.2, 0.25) is 0 Å². The van der Waals surface area contributed by atoms with E-state index in [2.05, 4.69) is 15.3 Å². The molecule has 1 aliphatic carbocycles. The largest absolute Gasteiger partial charge is 0.490 e. The van der Waals surface area contributed by atoms with Crippen molar-refractivity contribution in [2.24, 2.45) is 0 Å². The van der Waals surface area contributed by atoms with Crippen molar-refractivity contribution in [1.29, 1.82) is 0 Å². The molecule has 0 unspecified atom stereocenters. The highest BCUT2D eigenvalue weighted by Crippen LogP contribution is 2.35. The van der Waals surface area contributed by atoms with Gasteiger partial charge < -0.3 is 29.0 Å². The van der Waals surface area contributed by atoms with Crippen LogP contribution < -0.4 is 19.5 Å². The van der Waals surface area contributed by atoms with Crippen LogP contribution in [0.5, 0.6) is 17.2 Å². The number of methoxy groups -OCH3 is 2. The number of benzene rings is 2. The summed E-state index contributed by atoms with van der Waals surface area (Å²) in [5, 5.41) is 4.23. The Balaban J connectivity index is 1.52. The molecule has 0 saturated heterocycles. The third-order valence-corrected chi connectivity index (χ3v) is 5.76. The Bertz CT molecular complexity index is 1040. The standard InChI is InChI=1S/C26H33N3O5/c1-30-12-14-32-24-16-22-23(17-25(24)33-15-13-31-2)27-18-28-26(22)29-19-8-10-21(11-9-19)34-20-6-4-3-5-7-20/h8-11,16-18,20H,3-7,12-15H2,1-2H3,(H,27,28,29). The van der Waals surface area contributed by atoms with Gasteiger partial charge in [-0.05, 0) is 56.0 Å². The lowest BCUT2D eigenvalue weighted by atomic mass is 9.98. The molecule has 3 aromatic rings. The maximum atomic E-state index is 6.14. The van der Waals surface area contributed by atoms with Crippen LogP contribution in [0.15, 0.2) is 42.7 Å². The average Bonchev–Trinajstić information content (AvgIpc) is 2.86. The highest BCUT2D eigenvalue weighted by molar-refractivity contribution is 5.93. The molecular weight excluding hydrogens is 434 g/mol. The van der Waals surface area contributed by atoms with Gasteiger partial charge in [-0.25, -0.2) is 9.97 Å². The third-order valence-electron chi connectivity index (χ3n) is 5.76. The smallest absolute Gasteiger partial charge is 0.163 e. The molecule has 34 heavy (non-hydrogen) atoms. The molecule has 1 aromatic heterocycles. The lowest BCUT2D eigenvalue weighted by Crippen LogP contribution is -2.19. The molecule has 8 nitrogen and oxygen atoms in total. The maximum Gasteiger partial charge on any atom is 0.163 e. The fourth-order valence-corrected chi connectivity index (χ4v) is 3.99. The van der Waals surface area contributed by atoms with Crippen molar-refractivity contribution in [3.05, 3.63) is 42.7 Å². The minimum absolute atomic E-state index is 0.329. The molecule has 0 amide bonds. The molecular formula is C26H33N3O5. The SMILES string of the molecule is COCCOc1cc2ncnc(Nc3ccc(OC4CCCCC4)cc3)c2cc1OCCOC. The lowest BCUT2D eigenvalue weighted by molar-refractivity contribution is 0.132. The number of nitrogens with zero attached hydrogens (tertiary/aromatic N) is 2. The Morgan fingerprint density at radius 3 is 2.18 bits per heavy atom. The summed E-state index contributed by atoms with van der Waals surface area (Å²) in [5.74, 6) is 2.80. The molecule has 1 aliphatic rings. The fraction of sp³-hybridized carbons (Fsp3) is 0.462. The predicted molar refractivity (Wildman–Crippen MR) is 132 cm³/mol. The molecule has 0 spiro atoms. The van der Waals surface area contributed by atoms with E-state index in [9.17, 15) is 0 Å². The molecule has 0 radical (unpaired) electrons. The number of hydrogen-bond donors (Lipinski definition) is 1. The van der Waals surface area contributed by atoms with Crippen LogP contribution >= 0.6 is 0 Å². The first-order valence-electron chi connectivity index (χ1n) is 11.8. The highest BCUT2D eigenvalue weighted by atomic mass is 16.5. The number of hydrogen-bond acceptors (Lipinski definition) is 8. The Labute approximate surface area is 200 Å². The van der Waals surface area contributed by atoms with E-state index in [0.717, 1.165) is 35.2 Å². The first-order valence-corrected chi connectivity index (χ1v) is 11.8. The number of nitrogens with one attached hydrogen (secondary N) is 1. The van der Waals surface area contributed by atoms with Crippen molar-refractivity contribution < 1.29 is 23.7 Å². The highest BCUT2D eigenvalue weighted by Gasteiger charge is 2.15. The van der Waals surface area contributed by atoms with Gasteiger partial charge in [-0.3, -0.25) is 0 Å². The number of ether oxygens (including phenoxy) is 5. The molecule has 4 rings (SSSR count). The summed E-state index contributed by atoms with van der Waals surface area (Å²) in [4.78, 5) is 8.89. The van der Waals surface area contributed by atoms with E-state index in [1.165, 1.54) is 25.6 Å². The van der Waals surface area contributed by atoms with Gasteiger partial charge in [0.15, 0.2) is 11.5 Å². The van der Waals surface area contributed by atoms with Crippen LogP contribution in [0, 0.1) is 0 Å². The number of aromatic nitrogens is 2. The quantitative estimate of drug-likeness (QED) is 0.367. The van der Waals surface area contributed by atoms with E-state index in [4.69, 9.17) is 23.7 Å². The van der Waals surface area contributed by atoms with Gasteiger partial charge in [0.25, 0.3) is 0 Å². The molecule has 1 heterocycles. The van der Waals surface area contributed by atoms with Crippen LogP contribution in [-0.2, 0) is 9.47 Å². The molecule has 1 fully saturated rings. The van der Waals surface area contributed by atoms with Crippen molar-refractivity contribution in [3.8, 4) is 17.2 Å². The second kappa shape index (κ2) is 12.4. The van der Waals surface area contributed by atoms with Gasteiger partial charge in [0.05, 0.1) is 24.8 Å². The van der Waals surface area contributed by atoms with Crippen LogP contribution in [0.3, 0.4) is 0 Å². The van der Waals surface area contributed by atoms with Crippen LogP contribution in [-0.4, -0.2) is 56.7 Å². The number of anilines is 2. The minimum Gasteiger partial charge on any atom is -0.490 e. The average molecular weight is 468 g/mol. The number of rotatable bonds is 12.